The number of benzene rings is 2. The Hall–Kier alpha value is -1.39. The topological polar surface area (TPSA) is 64.4 Å². The summed E-state index contributed by atoms with van der Waals surface area (Å²) in [4.78, 5) is 5.20. The molecule has 0 saturated carbocycles. The molecule has 1 aromatic heterocycles. The van der Waals surface area contributed by atoms with Gasteiger partial charge in [0, 0.05) is 29.9 Å². The highest BCUT2D eigenvalue weighted by molar-refractivity contribution is 9.10. The van der Waals surface area contributed by atoms with Crippen molar-refractivity contribution in [1.82, 2.24) is 13.9 Å². The molecule has 1 unspecified atom stereocenters. The number of halogens is 1. The molecular formula is C23H26BrN3O3S2. The van der Waals surface area contributed by atoms with Crippen molar-refractivity contribution in [2.24, 2.45) is 0 Å². The first-order valence-corrected chi connectivity index (χ1v) is 14.2. The molecule has 2 aliphatic rings. The number of ether oxygens (including phenoxy) is 1. The van der Waals surface area contributed by atoms with Gasteiger partial charge in [-0.3, -0.25) is 0 Å². The maximum absolute atomic E-state index is 13.1. The van der Waals surface area contributed by atoms with Gasteiger partial charge in [-0.05, 0) is 61.6 Å². The van der Waals surface area contributed by atoms with E-state index in [9.17, 15) is 8.42 Å². The molecule has 5 rings (SSSR count). The minimum absolute atomic E-state index is 0.172. The SMILES string of the molecule is O=S(=O)(c1ccc2c(c1)nc(SCc1cccc(Br)c1)n2CC1CCCO1)N1CCCC1. The quantitative estimate of drug-likeness (QED) is 0.396. The second-order valence-electron chi connectivity index (χ2n) is 8.32. The van der Waals surface area contributed by atoms with Crippen LogP contribution >= 0.6 is 27.7 Å². The van der Waals surface area contributed by atoms with Gasteiger partial charge in [-0.25, -0.2) is 13.4 Å². The van der Waals surface area contributed by atoms with E-state index in [-0.39, 0.29) is 6.10 Å². The van der Waals surface area contributed by atoms with Crippen molar-refractivity contribution in [2.75, 3.05) is 19.7 Å². The van der Waals surface area contributed by atoms with Crippen molar-refractivity contribution in [2.45, 2.75) is 54.1 Å². The number of rotatable bonds is 7. The summed E-state index contributed by atoms with van der Waals surface area (Å²) < 4.78 is 36.8. The van der Waals surface area contributed by atoms with Crippen LogP contribution in [-0.2, 0) is 27.1 Å². The molecule has 0 radical (unpaired) electrons. The molecule has 32 heavy (non-hydrogen) atoms. The number of hydrogen-bond acceptors (Lipinski definition) is 5. The highest BCUT2D eigenvalue weighted by Gasteiger charge is 2.28. The van der Waals surface area contributed by atoms with Gasteiger partial charge in [-0.1, -0.05) is 39.8 Å². The highest BCUT2D eigenvalue weighted by Crippen LogP contribution is 2.31. The van der Waals surface area contributed by atoms with Crippen molar-refractivity contribution in [1.29, 1.82) is 0 Å². The van der Waals surface area contributed by atoms with Crippen LogP contribution in [0.5, 0.6) is 0 Å². The first kappa shape index (κ1) is 22.4. The van der Waals surface area contributed by atoms with Gasteiger partial charge in [0.25, 0.3) is 0 Å². The fourth-order valence-corrected chi connectivity index (χ4v) is 7.33. The lowest BCUT2D eigenvalue weighted by Crippen LogP contribution is -2.27. The minimum atomic E-state index is -3.47. The second-order valence-corrected chi connectivity index (χ2v) is 12.1. The summed E-state index contributed by atoms with van der Waals surface area (Å²) in [6.45, 7) is 2.73. The summed E-state index contributed by atoms with van der Waals surface area (Å²) in [5.41, 5.74) is 2.88. The number of thioether (sulfide) groups is 1. The lowest BCUT2D eigenvalue weighted by molar-refractivity contribution is 0.0960. The lowest BCUT2D eigenvalue weighted by Gasteiger charge is -2.16. The average molecular weight is 537 g/mol. The smallest absolute Gasteiger partial charge is 0.243 e. The third kappa shape index (κ3) is 4.63. The van der Waals surface area contributed by atoms with E-state index in [0.717, 1.165) is 65.3 Å². The molecule has 170 valence electrons. The van der Waals surface area contributed by atoms with Crippen LogP contribution in [0.25, 0.3) is 11.0 Å². The number of nitrogens with zero attached hydrogens (tertiary/aromatic N) is 3. The summed E-state index contributed by atoms with van der Waals surface area (Å²) in [7, 11) is -3.47. The second kappa shape index (κ2) is 9.46. The molecule has 9 heteroatoms. The van der Waals surface area contributed by atoms with Crippen LogP contribution in [0.15, 0.2) is 57.0 Å². The molecule has 2 aliphatic heterocycles. The number of hydrogen-bond donors (Lipinski definition) is 0. The molecular weight excluding hydrogens is 510 g/mol. The van der Waals surface area contributed by atoms with E-state index >= 15 is 0 Å². The Morgan fingerprint density at radius 3 is 2.72 bits per heavy atom. The van der Waals surface area contributed by atoms with E-state index in [1.54, 1.807) is 28.2 Å². The first-order valence-electron chi connectivity index (χ1n) is 11.0. The van der Waals surface area contributed by atoms with Crippen LogP contribution < -0.4 is 0 Å². The van der Waals surface area contributed by atoms with Crippen LogP contribution in [-0.4, -0.2) is 48.1 Å². The van der Waals surface area contributed by atoms with Gasteiger partial charge in [-0.15, -0.1) is 0 Å². The zero-order valence-electron chi connectivity index (χ0n) is 17.7. The number of fused-ring (bicyclic) bond motifs is 1. The van der Waals surface area contributed by atoms with Crippen LogP contribution in [0, 0.1) is 0 Å². The van der Waals surface area contributed by atoms with E-state index < -0.39 is 10.0 Å². The molecule has 6 nitrogen and oxygen atoms in total. The van der Waals surface area contributed by atoms with E-state index in [0.29, 0.717) is 18.0 Å². The fraction of sp³-hybridized carbons (Fsp3) is 0.435. The van der Waals surface area contributed by atoms with Gasteiger partial charge in [-0.2, -0.15) is 4.31 Å². The first-order chi connectivity index (χ1) is 15.5. The van der Waals surface area contributed by atoms with Gasteiger partial charge in [0.05, 0.1) is 28.6 Å². The van der Waals surface area contributed by atoms with Crippen molar-refractivity contribution in [3.63, 3.8) is 0 Å². The predicted octanol–water partition coefficient (Wildman–Crippen LogP) is 5.05. The summed E-state index contributed by atoms with van der Waals surface area (Å²) in [5, 5.41) is 0.895. The Labute approximate surface area is 201 Å². The van der Waals surface area contributed by atoms with Gasteiger partial charge >= 0.3 is 0 Å². The largest absolute Gasteiger partial charge is 0.376 e. The third-order valence-corrected chi connectivity index (χ3v) is 9.49. The van der Waals surface area contributed by atoms with Crippen LogP contribution in [0.2, 0.25) is 0 Å². The molecule has 0 aliphatic carbocycles. The monoisotopic (exact) mass is 535 g/mol. The molecule has 0 amide bonds. The molecule has 0 N–H and O–H groups in total. The Morgan fingerprint density at radius 2 is 1.97 bits per heavy atom. The number of imidazole rings is 1. The fourth-order valence-electron chi connectivity index (χ4n) is 4.38. The molecule has 0 spiro atoms. The van der Waals surface area contributed by atoms with Crippen LogP contribution in [0.4, 0.5) is 0 Å². The molecule has 3 heterocycles. The Kier molecular flexibility index (Phi) is 6.63. The van der Waals surface area contributed by atoms with Crippen LogP contribution in [0.1, 0.15) is 31.2 Å². The third-order valence-electron chi connectivity index (χ3n) is 6.05. The van der Waals surface area contributed by atoms with E-state index in [4.69, 9.17) is 9.72 Å². The summed E-state index contributed by atoms with van der Waals surface area (Å²) in [6.07, 6.45) is 4.14. The van der Waals surface area contributed by atoms with Crippen molar-refractivity contribution >= 4 is 48.7 Å². The number of aromatic nitrogens is 2. The van der Waals surface area contributed by atoms with Gasteiger partial charge < -0.3 is 9.30 Å². The summed E-state index contributed by atoms with van der Waals surface area (Å²) in [6, 6.07) is 13.6. The van der Waals surface area contributed by atoms with E-state index in [1.807, 2.05) is 18.2 Å². The molecule has 0 bridgehead atoms. The van der Waals surface area contributed by atoms with E-state index in [2.05, 4.69) is 32.6 Å². The summed E-state index contributed by atoms with van der Waals surface area (Å²) in [5.74, 6) is 0.785. The van der Waals surface area contributed by atoms with Crippen LogP contribution in [0.3, 0.4) is 0 Å². The lowest BCUT2D eigenvalue weighted by atomic mass is 10.2. The maximum atomic E-state index is 13.1. The van der Waals surface area contributed by atoms with Crippen molar-refractivity contribution in [3.8, 4) is 0 Å². The van der Waals surface area contributed by atoms with Gasteiger partial charge in [0.1, 0.15) is 0 Å². The van der Waals surface area contributed by atoms with E-state index in [1.165, 1.54) is 5.56 Å². The zero-order valence-corrected chi connectivity index (χ0v) is 21.0. The maximum Gasteiger partial charge on any atom is 0.243 e. The Balaban J connectivity index is 1.48. The Bertz CT molecular complexity index is 1220. The zero-order chi connectivity index (χ0) is 22.1. The molecule has 2 fully saturated rings. The molecule has 1 atom stereocenters. The van der Waals surface area contributed by atoms with Crippen molar-refractivity contribution in [3.05, 3.63) is 52.5 Å². The normalized spacial score (nSPS) is 19.8. The number of sulfonamides is 1. The average Bonchev–Trinajstić information content (AvgIpc) is 3.54. The Morgan fingerprint density at radius 1 is 1.12 bits per heavy atom. The molecule has 2 aromatic carbocycles. The van der Waals surface area contributed by atoms with Crippen molar-refractivity contribution < 1.29 is 13.2 Å². The van der Waals surface area contributed by atoms with Gasteiger partial charge in [0.15, 0.2) is 5.16 Å². The predicted molar refractivity (Wildman–Crippen MR) is 130 cm³/mol. The highest BCUT2D eigenvalue weighted by atomic mass is 79.9. The standard InChI is InChI=1S/C23H26BrN3O3S2/c24-18-6-3-5-17(13-18)16-31-23-25-21-14-20(32(28,29)26-10-1-2-11-26)8-9-22(21)27(23)15-19-7-4-12-30-19/h3,5-6,8-9,13-14,19H,1-2,4,7,10-12,15-16H2. The summed E-state index contributed by atoms with van der Waals surface area (Å²) >= 11 is 5.21. The van der Waals surface area contributed by atoms with Gasteiger partial charge in [0.2, 0.25) is 10.0 Å². The molecule has 3 aromatic rings. The minimum Gasteiger partial charge on any atom is -0.376 e. The molecule has 2 saturated heterocycles.